The van der Waals surface area contributed by atoms with Crippen molar-refractivity contribution >= 4 is 17.6 Å². The second-order valence-electron chi connectivity index (χ2n) is 9.20. The van der Waals surface area contributed by atoms with E-state index in [2.05, 4.69) is 6.07 Å². The van der Waals surface area contributed by atoms with Crippen molar-refractivity contribution in [2.75, 3.05) is 26.9 Å². The van der Waals surface area contributed by atoms with Crippen molar-refractivity contribution in [2.24, 2.45) is 0 Å². The Kier molecular flexibility index (Phi) is 5.42. The third-order valence-electron chi connectivity index (χ3n) is 7.29. The molecule has 3 aliphatic rings. The minimum Gasteiger partial charge on any atom is -0.486 e. The average molecular weight is 466 g/mol. The Morgan fingerprint density at radius 3 is 2.35 bits per heavy atom. The fraction of sp³-hybridized carbons (Fsp3) is 0.440. The molecular formula is C25H26N2O7. The number of fused-ring (bicyclic) bond motifs is 3. The number of non-ortho nitro benzene ring substituents is 1. The van der Waals surface area contributed by atoms with Gasteiger partial charge in [-0.2, -0.15) is 0 Å². The number of carbonyl (C=O) groups is 2. The summed E-state index contributed by atoms with van der Waals surface area (Å²) in [5.74, 6) is 0.325. The molecule has 1 saturated carbocycles. The Bertz CT molecular complexity index is 1190. The van der Waals surface area contributed by atoms with Crippen LogP contribution in [0, 0.1) is 10.1 Å². The molecule has 1 unspecified atom stereocenters. The molecule has 2 aromatic carbocycles. The Hall–Kier alpha value is -3.62. The zero-order valence-corrected chi connectivity index (χ0v) is 19.2. The lowest BCUT2D eigenvalue weighted by atomic mass is 9.71. The number of nitro benzene ring substituents is 1. The summed E-state index contributed by atoms with van der Waals surface area (Å²) in [6.45, 7) is 3.43. The molecule has 1 atom stereocenters. The monoisotopic (exact) mass is 466 g/mol. The number of nitrogens with zero attached hydrogens (tertiary/aromatic N) is 2. The zero-order valence-electron chi connectivity index (χ0n) is 19.2. The summed E-state index contributed by atoms with van der Waals surface area (Å²) in [4.78, 5) is 38.5. The minimum atomic E-state index is -0.731. The summed E-state index contributed by atoms with van der Waals surface area (Å²) >= 11 is 0. The molecule has 1 aliphatic carbocycles. The SMILES string of the molecule is COC(=O)c1cc(C(=O)N2CC3(CCCC3)c3cc4c(cc3C2C)OCCO4)cc([N+](=O)[O-])c1. The van der Waals surface area contributed by atoms with Gasteiger partial charge >= 0.3 is 5.97 Å². The van der Waals surface area contributed by atoms with Crippen molar-refractivity contribution in [3.05, 3.63) is 62.7 Å². The summed E-state index contributed by atoms with van der Waals surface area (Å²) in [7, 11) is 1.20. The Morgan fingerprint density at radius 2 is 1.71 bits per heavy atom. The highest BCUT2D eigenvalue weighted by Crippen LogP contribution is 2.52. The quantitative estimate of drug-likeness (QED) is 0.379. The first-order valence-corrected chi connectivity index (χ1v) is 11.5. The molecule has 34 heavy (non-hydrogen) atoms. The van der Waals surface area contributed by atoms with E-state index in [0.717, 1.165) is 43.1 Å². The van der Waals surface area contributed by atoms with Gasteiger partial charge in [0, 0.05) is 29.7 Å². The number of ether oxygens (including phenoxy) is 3. The average Bonchev–Trinajstić information content (AvgIpc) is 3.33. The van der Waals surface area contributed by atoms with E-state index < -0.39 is 10.9 Å². The van der Waals surface area contributed by atoms with E-state index >= 15 is 0 Å². The first kappa shape index (κ1) is 22.2. The maximum Gasteiger partial charge on any atom is 0.338 e. The lowest BCUT2D eigenvalue weighted by Gasteiger charge is -2.46. The van der Waals surface area contributed by atoms with E-state index in [0.29, 0.717) is 25.5 Å². The van der Waals surface area contributed by atoms with Crippen LogP contribution in [0.4, 0.5) is 5.69 Å². The predicted molar refractivity (Wildman–Crippen MR) is 121 cm³/mol. The molecule has 2 heterocycles. The molecule has 5 rings (SSSR count). The van der Waals surface area contributed by atoms with Gasteiger partial charge in [-0.1, -0.05) is 12.8 Å². The standard InChI is InChI=1S/C25H26N2O7/c1-15-19-12-21-22(34-8-7-33-21)13-20(19)25(5-3-4-6-25)14-26(15)23(28)16-9-17(24(29)32-2)11-18(10-16)27(30)31/h9-13,15H,3-8,14H2,1-2H3. The van der Waals surface area contributed by atoms with Crippen LogP contribution < -0.4 is 9.47 Å². The number of benzene rings is 2. The highest BCUT2D eigenvalue weighted by Gasteiger charge is 2.46. The predicted octanol–water partition coefficient (Wildman–Crippen LogP) is 4.18. The van der Waals surface area contributed by atoms with E-state index in [4.69, 9.17) is 14.2 Å². The van der Waals surface area contributed by atoms with Gasteiger partial charge in [-0.25, -0.2) is 4.79 Å². The zero-order chi connectivity index (χ0) is 24.0. The maximum absolute atomic E-state index is 13.8. The molecule has 0 N–H and O–H groups in total. The number of amides is 1. The number of nitro groups is 1. The van der Waals surface area contributed by atoms with Crippen LogP contribution in [-0.4, -0.2) is 48.6 Å². The topological polar surface area (TPSA) is 108 Å². The van der Waals surface area contributed by atoms with E-state index in [1.807, 2.05) is 13.0 Å². The Labute approximate surface area is 196 Å². The Balaban J connectivity index is 1.59. The van der Waals surface area contributed by atoms with Crippen LogP contribution in [-0.2, 0) is 10.2 Å². The molecular weight excluding hydrogens is 440 g/mol. The summed E-state index contributed by atoms with van der Waals surface area (Å²) in [6.07, 6.45) is 4.01. The second kappa shape index (κ2) is 8.30. The first-order chi connectivity index (χ1) is 16.3. The van der Waals surface area contributed by atoms with Crippen molar-refractivity contribution in [1.29, 1.82) is 0 Å². The van der Waals surface area contributed by atoms with Crippen LogP contribution in [0.2, 0.25) is 0 Å². The van der Waals surface area contributed by atoms with Crippen molar-refractivity contribution < 1.29 is 28.7 Å². The van der Waals surface area contributed by atoms with Crippen molar-refractivity contribution in [2.45, 2.75) is 44.1 Å². The van der Waals surface area contributed by atoms with Gasteiger partial charge in [0.2, 0.25) is 0 Å². The number of esters is 1. The van der Waals surface area contributed by atoms with Crippen LogP contribution in [0.25, 0.3) is 0 Å². The number of methoxy groups -OCH3 is 1. The molecule has 0 saturated heterocycles. The van der Waals surface area contributed by atoms with E-state index in [9.17, 15) is 19.7 Å². The molecule has 178 valence electrons. The van der Waals surface area contributed by atoms with Gasteiger partial charge in [0.15, 0.2) is 11.5 Å². The maximum atomic E-state index is 13.8. The molecule has 9 heteroatoms. The van der Waals surface area contributed by atoms with E-state index in [1.165, 1.54) is 24.8 Å². The number of hydrogen-bond donors (Lipinski definition) is 0. The number of carbonyl (C=O) groups excluding carboxylic acids is 2. The van der Waals surface area contributed by atoms with Gasteiger partial charge in [-0.05, 0) is 49.1 Å². The normalized spacial score (nSPS) is 20.1. The summed E-state index contributed by atoms with van der Waals surface area (Å²) in [5, 5.41) is 11.5. The number of rotatable bonds is 3. The molecule has 2 aromatic rings. The van der Waals surface area contributed by atoms with Crippen LogP contribution in [0.1, 0.15) is 70.5 Å². The third-order valence-corrected chi connectivity index (χ3v) is 7.29. The van der Waals surface area contributed by atoms with Crippen LogP contribution >= 0.6 is 0 Å². The molecule has 9 nitrogen and oxygen atoms in total. The van der Waals surface area contributed by atoms with E-state index in [-0.39, 0.29) is 34.2 Å². The molecule has 1 fully saturated rings. The van der Waals surface area contributed by atoms with Crippen LogP contribution in [0.5, 0.6) is 11.5 Å². The van der Waals surface area contributed by atoms with Crippen molar-refractivity contribution in [1.82, 2.24) is 4.90 Å². The van der Waals surface area contributed by atoms with Gasteiger partial charge in [0.25, 0.3) is 11.6 Å². The van der Waals surface area contributed by atoms with Gasteiger partial charge in [0.1, 0.15) is 13.2 Å². The van der Waals surface area contributed by atoms with Crippen molar-refractivity contribution in [3.8, 4) is 11.5 Å². The highest BCUT2D eigenvalue weighted by atomic mass is 16.6. The number of hydrogen-bond acceptors (Lipinski definition) is 7. The van der Waals surface area contributed by atoms with E-state index in [1.54, 1.807) is 4.90 Å². The highest BCUT2D eigenvalue weighted by molar-refractivity contribution is 5.99. The van der Waals surface area contributed by atoms with Gasteiger partial charge in [0.05, 0.1) is 23.6 Å². The fourth-order valence-electron chi connectivity index (χ4n) is 5.59. The minimum absolute atomic E-state index is 0.0275. The van der Waals surface area contributed by atoms with Crippen LogP contribution in [0.3, 0.4) is 0 Å². The molecule has 2 aliphatic heterocycles. The molecule has 1 amide bonds. The van der Waals surface area contributed by atoms with Gasteiger partial charge in [-0.3, -0.25) is 14.9 Å². The summed E-state index contributed by atoms with van der Waals surface area (Å²) in [5.41, 5.74) is 1.73. The molecule has 0 bridgehead atoms. The molecule has 1 spiro atoms. The lowest BCUT2D eigenvalue weighted by Crippen LogP contribution is -2.48. The van der Waals surface area contributed by atoms with Crippen molar-refractivity contribution in [3.63, 3.8) is 0 Å². The fourth-order valence-corrected chi connectivity index (χ4v) is 5.59. The first-order valence-electron chi connectivity index (χ1n) is 11.5. The summed E-state index contributed by atoms with van der Waals surface area (Å²) < 4.78 is 16.4. The second-order valence-corrected chi connectivity index (χ2v) is 9.20. The van der Waals surface area contributed by atoms with Gasteiger partial charge in [-0.15, -0.1) is 0 Å². The summed E-state index contributed by atoms with van der Waals surface area (Å²) in [6, 6.07) is 7.48. The lowest BCUT2D eigenvalue weighted by molar-refractivity contribution is -0.384. The van der Waals surface area contributed by atoms with Gasteiger partial charge < -0.3 is 19.1 Å². The Morgan fingerprint density at radius 1 is 1.06 bits per heavy atom. The van der Waals surface area contributed by atoms with Crippen LogP contribution in [0.15, 0.2) is 30.3 Å². The third kappa shape index (κ3) is 3.55. The molecule has 0 aromatic heterocycles. The molecule has 0 radical (unpaired) electrons. The smallest absolute Gasteiger partial charge is 0.338 e. The largest absolute Gasteiger partial charge is 0.486 e.